The van der Waals surface area contributed by atoms with Gasteiger partial charge in [0.2, 0.25) is 0 Å². The van der Waals surface area contributed by atoms with Crippen LogP contribution in [-0.2, 0) is 13.6 Å². The summed E-state index contributed by atoms with van der Waals surface area (Å²) in [6.45, 7) is 0.516. The molecule has 0 aliphatic carbocycles. The Morgan fingerprint density at radius 3 is 2.59 bits per heavy atom. The molecule has 0 saturated carbocycles. The number of aromatic nitrogens is 5. The number of carbonyl (C=O) groups is 1. The van der Waals surface area contributed by atoms with Gasteiger partial charge in [-0.05, 0) is 23.3 Å². The van der Waals surface area contributed by atoms with E-state index in [0.29, 0.717) is 17.9 Å². The van der Waals surface area contributed by atoms with Gasteiger partial charge in [-0.25, -0.2) is 14.1 Å². The van der Waals surface area contributed by atoms with Gasteiger partial charge in [0.1, 0.15) is 17.7 Å². The smallest absolute Gasteiger partial charge is 0.274 e. The van der Waals surface area contributed by atoms with Crippen LogP contribution in [-0.4, -0.2) is 30.5 Å². The summed E-state index contributed by atoms with van der Waals surface area (Å²) in [7, 11) is 1.83. The molecule has 0 aliphatic rings. The number of hydrogen-bond donors (Lipinski definition) is 1. The van der Waals surface area contributed by atoms with Gasteiger partial charge in [0.15, 0.2) is 5.69 Å². The van der Waals surface area contributed by atoms with Crippen molar-refractivity contribution in [1.29, 1.82) is 0 Å². The molecule has 4 rings (SSSR count). The minimum absolute atomic E-state index is 0.197. The van der Waals surface area contributed by atoms with E-state index in [1.165, 1.54) is 12.1 Å². The van der Waals surface area contributed by atoms with Crippen LogP contribution in [0.4, 0.5) is 4.39 Å². The Balaban J connectivity index is 1.55. The summed E-state index contributed by atoms with van der Waals surface area (Å²) in [4.78, 5) is 17.2. The van der Waals surface area contributed by atoms with Crippen molar-refractivity contribution in [2.24, 2.45) is 7.05 Å². The molecular formula is C21H19FN6O. The maximum absolute atomic E-state index is 13.4. The Labute approximate surface area is 166 Å². The Morgan fingerprint density at radius 1 is 1.14 bits per heavy atom. The first-order chi connectivity index (χ1) is 14.1. The summed E-state index contributed by atoms with van der Waals surface area (Å²) in [6, 6.07) is 15.2. The van der Waals surface area contributed by atoms with Crippen LogP contribution in [0.3, 0.4) is 0 Å². The highest BCUT2D eigenvalue weighted by Gasteiger charge is 2.23. The molecule has 1 atom stereocenters. The highest BCUT2D eigenvalue weighted by molar-refractivity contribution is 5.92. The molecule has 1 amide bonds. The standard InChI is InChI=1S/C21H19FN6O/c1-27-12-11-23-20(27)19(16-7-9-17(22)10-8-16)24-21(29)18-14-28(26-25-18)13-15-5-3-2-4-6-15/h2-12,14,19H,13H2,1H3,(H,24,29). The molecule has 8 heteroatoms. The Hall–Kier alpha value is -3.81. The normalized spacial score (nSPS) is 11.9. The lowest BCUT2D eigenvalue weighted by Crippen LogP contribution is -2.31. The van der Waals surface area contributed by atoms with E-state index in [0.717, 1.165) is 5.56 Å². The second kappa shape index (κ2) is 8.05. The molecule has 0 bridgehead atoms. The first-order valence-corrected chi connectivity index (χ1v) is 9.08. The van der Waals surface area contributed by atoms with E-state index >= 15 is 0 Å². The van der Waals surface area contributed by atoms with E-state index < -0.39 is 6.04 Å². The molecule has 4 aromatic rings. The maximum atomic E-state index is 13.4. The second-order valence-corrected chi connectivity index (χ2v) is 6.64. The predicted octanol–water partition coefficient (Wildman–Crippen LogP) is 2.72. The van der Waals surface area contributed by atoms with Crippen LogP contribution in [0.25, 0.3) is 0 Å². The van der Waals surface area contributed by atoms with Gasteiger partial charge in [0.05, 0.1) is 12.7 Å². The Bertz CT molecular complexity index is 1100. The topological polar surface area (TPSA) is 77.6 Å². The van der Waals surface area contributed by atoms with Crippen LogP contribution in [0.15, 0.2) is 73.2 Å². The van der Waals surface area contributed by atoms with Gasteiger partial charge >= 0.3 is 0 Å². The summed E-state index contributed by atoms with van der Waals surface area (Å²) in [5, 5.41) is 11.0. The third kappa shape index (κ3) is 4.21. The monoisotopic (exact) mass is 390 g/mol. The Morgan fingerprint density at radius 2 is 1.90 bits per heavy atom. The number of amides is 1. The minimum Gasteiger partial charge on any atom is -0.337 e. The van der Waals surface area contributed by atoms with E-state index in [1.54, 1.807) is 40.0 Å². The zero-order chi connectivity index (χ0) is 20.2. The third-order valence-corrected chi connectivity index (χ3v) is 4.55. The van der Waals surface area contributed by atoms with Crippen molar-refractivity contribution < 1.29 is 9.18 Å². The summed E-state index contributed by atoms with van der Waals surface area (Å²) >= 11 is 0. The molecule has 1 unspecified atom stereocenters. The van der Waals surface area contributed by atoms with E-state index in [-0.39, 0.29) is 17.4 Å². The minimum atomic E-state index is -0.553. The van der Waals surface area contributed by atoms with Gasteiger partial charge in [0, 0.05) is 19.4 Å². The highest BCUT2D eigenvalue weighted by Crippen LogP contribution is 2.21. The molecule has 0 fully saturated rings. The van der Waals surface area contributed by atoms with Crippen molar-refractivity contribution in [1.82, 2.24) is 29.9 Å². The van der Waals surface area contributed by atoms with E-state index in [1.807, 2.05) is 37.4 Å². The molecule has 0 aliphatic heterocycles. The predicted molar refractivity (Wildman–Crippen MR) is 104 cm³/mol. The highest BCUT2D eigenvalue weighted by atomic mass is 19.1. The first-order valence-electron chi connectivity index (χ1n) is 9.08. The lowest BCUT2D eigenvalue weighted by molar-refractivity contribution is 0.0936. The number of rotatable bonds is 6. The van der Waals surface area contributed by atoms with Crippen LogP contribution in [0.1, 0.15) is 33.5 Å². The van der Waals surface area contributed by atoms with Gasteiger partial charge in [-0.1, -0.05) is 47.7 Å². The number of nitrogens with one attached hydrogen (secondary N) is 1. The van der Waals surface area contributed by atoms with Crippen LogP contribution >= 0.6 is 0 Å². The molecule has 29 heavy (non-hydrogen) atoms. The number of hydrogen-bond acceptors (Lipinski definition) is 4. The molecule has 0 radical (unpaired) electrons. The van der Waals surface area contributed by atoms with Crippen molar-refractivity contribution in [2.75, 3.05) is 0 Å². The molecule has 2 heterocycles. The maximum Gasteiger partial charge on any atom is 0.274 e. The number of nitrogens with zero attached hydrogens (tertiary/aromatic N) is 5. The number of benzene rings is 2. The molecule has 2 aromatic carbocycles. The van der Waals surface area contributed by atoms with Crippen molar-refractivity contribution in [3.8, 4) is 0 Å². The molecule has 7 nitrogen and oxygen atoms in total. The lowest BCUT2D eigenvalue weighted by atomic mass is 10.1. The van der Waals surface area contributed by atoms with Gasteiger partial charge in [-0.15, -0.1) is 5.10 Å². The SMILES string of the molecule is Cn1ccnc1C(NC(=O)c1cn(Cc2ccccc2)nn1)c1ccc(F)cc1. The van der Waals surface area contributed by atoms with Crippen LogP contribution in [0.5, 0.6) is 0 Å². The van der Waals surface area contributed by atoms with Crippen molar-refractivity contribution in [2.45, 2.75) is 12.6 Å². The quantitative estimate of drug-likeness (QED) is 0.549. The number of aryl methyl sites for hydroxylation is 1. The summed E-state index contributed by atoms with van der Waals surface area (Å²) in [5.74, 6) is -0.106. The number of carbonyl (C=O) groups excluding carboxylic acids is 1. The van der Waals surface area contributed by atoms with Gasteiger partial charge in [-0.2, -0.15) is 0 Å². The largest absolute Gasteiger partial charge is 0.337 e. The fourth-order valence-electron chi connectivity index (χ4n) is 3.06. The van der Waals surface area contributed by atoms with Gasteiger partial charge < -0.3 is 9.88 Å². The van der Waals surface area contributed by atoms with Crippen LogP contribution in [0.2, 0.25) is 0 Å². The van der Waals surface area contributed by atoms with Crippen molar-refractivity contribution in [3.63, 3.8) is 0 Å². The molecule has 1 N–H and O–H groups in total. The average Bonchev–Trinajstić information content (AvgIpc) is 3.37. The second-order valence-electron chi connectivity index (χ2n) is 6.64. The lowest BCUT2D eigenvalue weighted by Gasteiger charge is -2.18. The first kappa shape index (κ1) is 18.5. The third-order valence-electron chi connectivity index (χ3n) is 4.55. The average molecular weight is 390 g/mol. The fraction of sp³-hybridized carbons (Fsp3) is 0.143. The van der Waals surface area contributed by atoms with Gasteiger partial charge in [-0.3, -0.25) is 4.79 Å². The van der Waals surface area contributed by atoms with E-state index in [2.05, 4.69) is 20.6 Å². The van der Waals surface area contributed by atoms with E-state index in [9.17, 15) is 9.18 Å². The number of imidazole rings is 1. The molecular weight excluding hydrogens is 371 g/mol. The zero-order valence-corrected chi connectivity index (χ0v) is 15.7. The van der Waals surface area contributed by atoms with Crippen LogP contribution < -0.4 is 5.32 Å². The molecule has 146 valence electrons. The zero-order valence-electron chi connectivity index (χ0n) is 15.7. The summed E-state index contributed by atoms with van der Waals surface area (Å²) in [6.07, 6.45) is 5.03. The summed E-state index contributed by atoms with van der Waals surface area (Å²) in [5.41, 5.74) is 1.97. The molecule has 2 aromatic heterocycles. The molecule has 0 saturated heterocycles. The summed E-state index contributed by atoms with van der Waals surface area (Å²) < 4.78 is 16.8. The van der Waals surface area contributed by atoms with Crippen LogP contribution in [0, 0.1) is 5.82 Å². The number of halogens is 1. The van der Waals surface area contributed by atoms with E-state index in [4.69, 9.17) is 0 Å². The van der Waals surface area contributed by atoms with Crippen molar-refractivity contribution >= 4 is 5.91 Å². The van der Waals surface area contributed by atoms with Crippen molar-refractivity contribution in [3.05, 3.63) is 102 Å². The molecule has 0 spiro atoms. The fourth-order valence-corrected chi connectivity index (χ4v) is 3.06. The Kier molecular flexibility index (Phi) is 5.15. The van der Waals surface area contributed by atoms with Gasteiger partial charge in [0.25, 0.3) is 5.91 Å².